The van der Waals surface area contributed by atoms with E-state index >= 15 is 0 Å². The third-order valence-corrected chi connectivity index (χ3v) is 9.21. The number of rotatable bonds is 6. The summed E-state index contributed by atoms with van der Waals surface area (Å²) in [5.41, 5.74) is 2.00. The predicted octanol–water partition coefficient (Wildman–Crippen LogP) is 5.63. The van der Waals surface area contributed by atoms with Crippen LogP contribution >= 0.6 is 11.3 Å². The SMILES string of the molecule is N#CCOc1ccccc1C(=O)C1C(C(=O)c2cccs2)C2(C(=O)Nc3ccccc32)C2c3ccccc3C=CN12. The number of para-hydroxylation sites is 2. The molecule has 4 unspecified atom stereocenters. The van der Waals surface area contributed by atoms with E-state index in [4.69, 9.17) is 10.00 Å². The molecular formula is C33H23N3O4S. The Bertz CT molecular complexity index is 1790. The topological polar surface area (TPSA) is 99.5 Å². The quantitative estimate of drug-likeness (QED) is 0.309. The van der Waals surface area contributed by atoms with Gasteiger partial charge in [0.1, 0.15) is 23.3 Å². The Balaban J connectivity index is 1.52. The van der Waals surface area contributed by atoms with E-state index in [0.29, 0.717) is 16.1 Å². The number of hydrogen-bond donors (Lipinski definition) is 1. The number of ether oxygens (including phenoxy) is 1. The number of amides is 1. The maximum atomic E-state index is 14.7. The van der Waals surface area contributed by atoms with Gasteiger partial charge in [-0.15, -0.1) is 11.3 Å². The standard InChI is InChI=1S/C33H23N3O4S/c34-16-18-40-25-13-6-3-10-22(25)29(37)28-27(30(38)26-14-7-19-41-26)33(23-11-4-5-12-24(23)35-32(33)39)31-21-9-2-1-8-20(21)15-17-36(28)31/h1-15,17,19,27-28,31H,18H2,(H,35,39). The highest BCUT2D eigenvalue weighted by atomic mass is 32.1. The largest absolute Gasteiger partial charge is 0.478 e. The van der Waals surface area contributed by atoms with Crippen molar-refractivity contribution in [1.82, 2.24) is 4.90 Å². The van der Waals surface area contributed by atoms with Crippen molar-refractivity contribution in [3.05, 3.63) is 124 Å². The molecule has 1 spiro atoms. The molecule has 41 heavy (non-hydrogen) atoms. The third kappa shape index (κ3) is 3.52. The fourth-order valence-electron chi connectivity index (χ4n) is 6.81. The molecule has 3 aliphatic rings. The van der Waals surface area contributed by atoms with Crippen molar-refractivity contribution in [2.45, 2.75) is 17.5 Å². The lowest BCUT2D eigenvalue weighted by molar-refractivity contribution is -0.122. The fraction of sp³-hybridized carbons (Fsp3) is 0.152. The van der Waals surface area contributed by atoms with E-state index in [9.17, 15) is 14.4 Å². The lowest BCUT2D eigenvalue weighted by Crippen LogP contribution is -2.49. The maximum Gasteiger partial charge on any atom is 0.238 e. The second-order valence-electron chi connectivity index (χ2n) is 10.2. The zero-order chi connectivity index (χ0) is 28.1. The number of ketones is 2. The first-order valence-electron chi connectivity index (χ1n) is 13.2. The second kappa shape index (κ2) is 9.58. The number of carbonyl (C=O) groups excluding carboxylic acids is 3. The van der Waals surface area contributed by atoms with E-state index in [2.05, 4.69) is 5.32 Å². The molecule has 4 heterocycles. The van der Waals surface area contributed by atoms with Crippen LogP contribution in [0, 0.1) is 17.2 Å². The van der Waals surface area contributed by atoms with E-state index in [1.54, 1.807) is 36.4 Å². The number of thiophene rings is 1. The molecule has 0 aliphatic carbocycles. The Morgan fingerprint density at radius 2 is 1.76 bits per heavy atom. The van der Waals surface area contributed by atoms with Gasteiger partial charge in [0.25, 0.3) is 0 Å². The van der Waals surface area contributed by atoms with Crippen LogP contribution in [0.4, 0.5) is 5.69 Å². The molecule has 3 aromatic carbocycles. The molecule has 3 aliphatic heterocycles. The van der Waals surface area contributed by atoms with Crippen molar-refractivity contribution < 1.29 is 19.1 Å². The molecule has 7 rings (SSSR count). The second-order valence-corrected chi connectivity index (χ2v) is 11.2. The van der Waals surface area contributed by atoms with Crippen LogP contribution in [0.1, 0.15) is 42.8 Å². The molecule has 0 bridgehead atoms. The van der Waals surface area contributed by atoms with Gasteiger partial charge in [-0.2, -0.15) is 5.26 Å². The summed E-state index contributed by atoms with van der Waals surface area (Å²) in [4.78, 5) is 46.2. The number of nitrogens with one attached hydrogen (secondary N) is 1. The monoisotopic (exact) mass is 557 g/mol. The van der Waals surface area contributed by atoms with Gasteiger partial charge in [-0.25, -0.2) is 0 Å². The third-order valence-electron chi connectivity index (χ3n) is 8.33. The average Bonchev–Trinajstić information content (AvgIpc) is 3.72. The van der Waals surface area contributed by atoms with Gasteiger partial charge in [0.05, 0.1) is 22.4 Å². The summed E-state index contributed by atoms with van der Waals surface area (Å²) in [6, 6.07) is 25.8. The first kappa shape index (κ1) is 25.0. The summed E-state index contributed by atoms with van der Waals surface area (Å²) < 4.78 is 5.64. The van der Waals surface area contributed by atoms with Crippen molar-refractivity contribution in [2.24, 2.45) is 5.92 Å². The number of anilines is 1. The zero-order valence-electron chi connectivity index (χ0n) is 21.7. The van der Waals surface area contributed by atoms with Crippen LogP contribution in [-0.4, -0.2) is 35.0 Å². The van der Waals surface area contributed by atoms with E-state index in [1.165, 1.54) is 11.3 Å². The highest BCUT2D eigenvalue weighted by molar-refractivity contribution is 7.12. The minimum atomic E-state index is -1.39. The van der Waals surface area contributed by atoms with Crippen LogP contribution < -0.4 is 10.1 Å². The average molecular weight is 558 g/mol. The molecular weight excluding hydrogens is 534 g/mol. The molecule has 0 saturated carbocycles. The molecule has 1 fully saturated rings. The van der Waals surface area contributed by atoms with Gasteiger partial charge >= 0.3 is 0 Å². The molecule has 1 aromatic heterocycles. The smallest absolute Gasteiger partial charge is 0.238 e. The maximum absolute atomic E-state index is 14.7. The van der Waals surface area contributed by atoms with Gasteiger partial charge in [-0.1, -0.05) is 60.7 Å². The zero-order valence-corrected chi connectivity index (χ0v) is 22.5. The predicted molar refractivity (Wildman–Crippen MR) is 155 cm³/mol. The van der Waals surface area contributed by atoms with Gasteiger partial charge in [0, 0.05) is 11.9 Å². The number of fused-ring (bicyclic) bond motifs is 6. The van der Waals surface area contributed by atoms with Crippen molar-refractivity contribution in [3.63, 3.8) is 0 Å². The number of Topliss-reactive ketones (excluding diaryl/α,β-unsaturated/α-hetero) is 2. The minimum absolute atomic E-state index is 0.230. The number of nitrogens with zero attached hydrogens (tertiary/aromatic N) is 2. The molecule has 0 radical (unpaired) electrons. The Hall–Kier alpha value is -5.00. The van der Waals surface area contributed by atoms with Gasteiger partial charge < -0.3 is 15.0 Å². The summed E-state index contributed by atoms with van der Waals surface area (Å²) in [6.07, 6.45) is 3.76. The van der Waals surface area contributed by atoms with Crippen molar-refractivity contribution >= 4 is 40.6 Å². The molecule has 1 amide bonds. The van der Waals surface area contributed by atoms with E-state index in [-0.39, 0.29) is 35.4 Å². The Labute approximate surface area is 240 Å². The summed E-state index contributed by atoms with van der Waals surface area (Å²) in [5.74, 6) is -1.71. The van der Waals surface area contributed by atoms with Gasteiger partial charge in [-0.3, -0.25) is 14.4 Å². The number of hydrogen-bond acceptors (Lipinski definition) is 7. The van der Waals surface area contributed by atoms with Crippen LogP contribution in [0.25, 0.3) is 6.08 Å². The molecule has 8 heteroatoms. The first-order chi connectivity index (χ1) is 20.1. The van der Waals surface area contributed by atoms with Crippen LogP contribution in [0.2, 0.25) is 0 Å². The summed E-state index contributed by atoms with van der Waals surface area (Å²) in [6.45, 7) is -0.230. The highest BCUT2D eigenvalue weighted by Crippen LogP contribution is 2.62. The summed E-state index contributed by atoms with van der Waals surface area (Å²) in [7, 11) is 0. The summed E-state index contributed by atoms with van der Waals surface area (Å²) in [5, 5.41) is 14.0. The molecule has 7 nitrogen and oxygen atoms in total. The van der Waals surface area contributed by atoms with E-state index in [1.807, 2.05) is 77.2 Å². The van der Waals surface area contributed by atoms with Gasteiger partial charge in [0.15, 0.2) is 18.2 Å². The number of carbonyl (C=O) groups is 3. The van der Waals surface area contributed by atoms with Crippen LogP contribution in [0.5, 0.6) is 5.75 Å². The lowest BCUT2D eigenvalue weighted by atomic mass is 9.63. The van der Waals surface area contributed by atoms with Gasteiger partial charge in [-0.05, 0) is 52.4 Å². The molecule has 1 N–H and O–H groups in total. The van der Waals surface area contributed by atoms with E-state index in [0.717, 1.165) is 11.1 Å². The van der Waals surface area contributed by atoms with Crippen LogP contribution in [-0.2, 0) is 10.2 Å². The van der Waals surface area contributed by atoms with E-state index < -0.39 is 23.4 Å². The first-order valence-corrected chi connectivity index (χ1v) is 14.1. The molecule has 200 valence electrons. The van der Waals surface area contributed by atoms with Crippen LogP contribution in [0.3, 0.4) is 0 Å². The Kier molecular flexibility index (Phi) is 5.84. The van der Waals surface area contributed by atoms with Crippen LogP contribution in [0.15, 0.2) is 96.5 Å². The van der Waals surface area contributed by atoms with Crippen molar-refractivity contribution in [2.75, 3.05) is 11.9 Å². The molecule has 4 atom stereocenters. The fourth-order valence-corrected chi connectivity index (χ4v) is 7.51. The Morgan fingerprint density at radius 1 is 0.976 bits per heavy atom. The molecule has 4 aromatic rings. The normalized spacial score (nSPS) is 23.3. The number of benzene rings is 3. The Morgan fingerprint density at radius 3 is 2.59 bits per heavy atom. The molecule has 1 saturated heterocycles. The van der Waals surface area contributed by atoms with Gasteiger partial charge in [0.2, 0.25) is 5.91 Å². The number of nitriles is 1. The highest BCUT2D eigenvalue weighted by Gasteiger charge is 2.71. The van der Waals surface area contributed by atoms with Crippen molar-refractivity contribution in [3.8, 4) is 11.8 Å². The van der Waals surface area contributed by atoms with Crippen molar-refractivity contribution in [1.29, 1.82) is 5.26 Å². The lowest BCUT2D eigenvalue weighted by Gasteiger charge is -2.38. The minimum Gasteiger partial charge on any atom is -0.478 e. The summed E-state index contributed by atoms with van der Waals surface area (Å²) >= 11 is 1.30.